The molecule has 8 rings (SSSR count). The van der Waals surface area contributed by atoms with E-state index in [1.807, 2.05) is 12.1 Å². The average molecular weight is 512 g/mol. The number of aryl methyl sites for hydroxylation is 1. The Hall–Kier alpha value is -5.02. The number of rotatable bonds is 3. The standard InChI is InChI=1S/C37H25BO2/c1-24-11-5-6-14-30(24)29-20-26(25-12-3-2-4-13-25)19-27(21-29)28-22-35-37-36(23-28)40-34-18-10-8-16-32(34)38(37)31-15-7-9-17-33(31)39-35/h2-23H,1H3. The molecule has 0 bridgehead atoms. The van der Waals surface area contributed by atoms with Gasteiger partial charge in [0.2, 0.25) is 0 Å². The first-order chi connectivity index (χ1) is 19.7. The number of ether oxygens (including phenoxy) is 2. The van der Waals surface area contributed by atoms with E-state index >= 15 is 0 Å². The predicted octanol–water partition coefficient (Wildman–Crippen LogP) is 7.72. The van der Waals surface area contributed by atoms with Crippen molar-refractivity contribution < 1.29 is 9.47 Å². The Labute approximate surface area is 234 Å². The van der Waals surface area contributed by atoms with Gasteiger partial charge in [-0.25, -0.2) is 0 Å². The van der Waals surface area contributed by atoms with Crippen LogP contribution in [-0.2, 0) is 0 Å². The second-order valence-corrected chi connectivity index (χ2v) is 10.6. The van der Waals surface area contributed by atoms with Gasteiger partial charge in [0.05, 0.1) is 0 Å². The molecule has 6 aromatic carbocycles. The molecule has 2 aliphatic heterocycles. The smallest absolute Gasteiger partial charge is 0.260 e. The first-order valence-electron chi connectivity index (χ1n) is 13.7. The van der Waals surface area contributed by atoms with E-state index in [1.54, 1.807) is 0 Å². The molecule has 0 atom stereocenters. The van der Waals surface area contributed by atoms with Gasteiger partial charge in [0.25, 0.3) is 6.71 Å². The lowest BCUT2D eigenvalue weighted by molar-refractivity contribution is 0.465. The van der Waals surface area contributed by atoms with E-state index in [9.17, 15) is 0 Å². The van der Waals surface area contributed by atoms with Crippen molar-refractivity contribution in [3.05, 3.63) is 139 Å². The molecule has 2 heterocycles. The molecule has 188 valence electrons. The van der Waals surface area contributed by atoms with Crippen LogP contribution in [0.3, 0.4) is 0 Å². The Morgan fingerprint density at radius 2 is 0.925 bits per heavy atom. The lowest BCUT2D eigenvalue weighted by atomic mass is 9.35. The summed E-state index contributed by atoms with van der Waals surface area (Å²) in [4.78, 5) is 0. The van der Waals surface area contributed by atoms with Gasteiger partial charge in [0.1, 0.15) is 23.0 Å². The lowest BCUT2D eigenvalue weighted by Crippen LogP contribution is -2.57. The summed E-state index contributed by atoms with van der Waals surface area (Å²) in [5, 5.41) is 0. The van der Waals surface area contributed by atoms with Crippen LogP contribution in [0.1, 0.15) is 5.56 Å². The van der Waals surface area contributed by atoms with Crippen molar-refractivity contribution >= 4 is 23.1 Å². The van der Waals surface area contributed by atoms with Gasteiger partial charge in [-0.2, -0.15) is 0 Å². The van der Waals surface area contributed by atoms with Crippen molar-refractivity contribution in [1.82, 2.24) is 0 Å². The van der Waals surface area contributed by atoms with Crippen molar-refractivity contribution in [2.45, 2.75) is 6.92 Å². The number of hydrogen-bond donors (Lipinski definition) is 0. The zero-order valence-electron chi connectivity index (χ0n) is 22.1. The van der Waals surface area contributed by atoms with Gasteiger partial charge in [-0.15, -0.1) is 0 Å². The number of hydrogen-bond acceptors (Lipinski definition) is 2. The molecule has 0 saturated carbocycles. The molecule has 0 saturated heterocycles. The molecule has 0 N–H and O–H groups in total. The number of para-hydroxylation sites is 2. The van der Waals surface area contributed by atoms with E-state index in [2.05, 4.69) is 128 Å². The summed E-state index contributed by atoms with van der Waals surface area (Å²) in [6, 6.07) is 47.1. The summed E-state index contributed by atoms with van der Waals surface area (Å²) >= 11 is 0. The van der Waals surface area contributed by atoms with Gasteiger partial charge in [-0.05, 0) is 99.3 Å². The summed E-state index contributed by atoms with van der Waals surface area (Å²) < 4.78 is 13.1. The molecule has 2 aliphatic rings. The maximum Gasteiger partial charge on any atom is 0.260 e. The summed E-state index contributed by atoms with van der Waals surface area (Å²) in [5.74, 6) is 3.51. The van der Waals surface area contributed by atoms with Gasteiger partial charge in [0, 0.05) is 5.46 Å². The monoisotopic (exact) mass is 512 g/mol. The van der Waals surface area contributed by atoms with Crippen molar-refractivity contribution in [2.24, 2.45) is 0 Å². The first kappa shape index (κ1) is 22.9. The summed E-state index contributed by atoms with van der Waals surface area (Å²) in [6.07, 6.45) is 0. The molecular weight excluding hydrogens is 487 g/mol. The topological polar surface area (TPSA) is 18.5 Å². The summed E-state index contributed by atoms with van der Waals surface area (Å²) in [5.41, 5.74) is 11.7. The van der Waals surface area contributed by atoms with Crippen molar-refractivity contribution in [2.75, 3.05) is 0 Å². The lowest BCUT2D eigenvalue weighted by Gasteiger charge is -2.33. The second kappa shape index (κ2) is 9.03. The first-order valence-corrected chi connectivity index (χ1v) is 13.7. The molecule has 0 spiro atoms. The fraction of sp³-hybridized carbons (Fsp3) is 0.0270. The second-order valence-electron chi connectivity index (χ2n) is 10.6. The van der Waals surface area contributed by atoms with Crippen LogP contribution in [0.5, 0.6) is 23.0 Å². The van der Waals surface area contributed by atoms with Gasteiger partial charge < -0.3 is 9.47 Å². The highest BCUT2D eigenvalue weighted by molar-refractivity contribution is 6.98. The summed E-state index contributed by atoms with van der Waals surface area (Å²) in [6.45, 7) is 2.25. The minimum atomic E-state index is 0.0760. The maximum absolute atomic E-state index is 6.57. The zero-order chi connectivity index (χ0) is 26.6. The van der Waals surface area contributed by atoms with Crippen LogP contribution in [0.4, 0.5) is 0 Å². The Bertz CT molecular complexity index is 1850. The Kier molecular flexibility index (Phi) is 5.18. The van der Waals surface area contributed by atoms with Crippen LogP contribution < -0.4 is 25.9 Å². The molecule has 0 radical (unpaired) electrons. The highest BCUT2D eigenvalue weighted by Crippen LogP contribution is 2.40. The Morgan fingerprint density at radius 1 is 0.425 bits per heavy atom. The SMILES string of the molecule is Cc1ccccc1-c1cc(-c2ccccc2)cc(-c2cc3c4c(c2)Oc2ccccc2B4c2ccccc2O3)c1. The van der Waals surface area contributed by atoms with Crippen LogP contribution in [0, 0.1) is 6.92 Å². The Morgan fingerprint density at radius 3 is 1.57 bits per heavy atom. The summed E-state index contributed by atoms with van der Waals surface area (Å²) in [7, 11) is 0. The molecule has 0 amide bonds. The van der Waals surface area contributed by atoms with E-state index in [1.165, 1.54) is 38.7 Å². The van der Waals surface area contributed by atoms with Gasteiger partial charge in [-0.1, -0.05) is 91.0 Å². The quantitative estimate of drug-likeness (QED) is 0.226. The van der Waals surface area contributed by atoms with E-state index in [4.69, 9.17) is 9.47 Å². The molecule has 0 aromatic heterocycles. The Balaban J connectivity index is 1.35. The van der Waals surface area contributed by atoms with Crippen LogP contribution in [0.2, 0.25) is 0 Å². The zero-order valence-corrected chi connectivity index (χ0v) is 22.1. The maximum atomic E-state index is 6.57. The number of benzene rings is 6. The molecule has 2 nitrogen and oxygen atoms in total. The van der Waals surface area contributed by atoms with E-state index in [0.29, 0.717) is 0 Å². The molecule has 0 unspecified atom stereocenters. The predicted molar refractivity (Wildman–Crippen MR) is 165 cm³/mol. The highest BCUT2D eigenvalue weighted by Gasteiger charge is 2.40. The average Bonchev–Trinajstić information content (AvgIpc) is 3.01. The minimum absolute atomic E-state index is 0.0760. The van der Waals surface area contributed by atoms with Gasteiger partial charge >= 0.3 is 0 Å². The van der Waals surface area contributed by atoms with Crippen LogP contribution in [0.15, 0.2) is 133 Å². The third-order valence-electron chi connectivity index (χ3n) is 8.12. The number of fused-ring (bicyclic) bond motifs is 4. The minimum Gasteiger partial charge on any atom is -0.458 e. The van der Waals surface area contributed by atoms with Gasteiger partial charge in [-0.3, -0.25) is 0 Å². The molecule has 6 aromatic rings. The van der Waals surface area contributed by atoms with E-state index in [0.717, 1.165) is 39.6 Å². The third kappa shape index (κ3) is 3.66. The van der Waals surface area contributed by atoms with Gasteiger partial charge in [0.15, 0.2) is 0 Å². The molecular formula is C37H25BO2. The van der Waals surface area contributed by atoms with E-state index < -0.39 is 0 Å². The third-order valence-corrected chi connectivity index (χ3v) is 8.12. The van der Waals surface area contributed by atoms with Crippen LogP contribution >= 0.6 is 0 Å². The van der Waals surface area contributed by atoms with Crippen molar-refractivity contribution in [3.63, 3.8) is 0 Å². The normalized spacial score (nSPS) is 12.5. The van der Waals surface area contributed by atoms with Crippen molar-refractivity contribution in [3.8, 4) is 56.4 Å². The largest absolute Gasteiger partial charge is 0.458 e. The highest BCUT2D eigenvalue weighted by atomic mass is 16.5. The van der Waals surface area contributed by atoms with E-state index in [-0.39, 0.29) is 6.71 Å². The van der Waals surface area contributed by atoms with Crippen molar-refractivity contribution in [1.29, 1.82) is 0 Å². The van der Waals surface area contributed by atoms with Crippen LogP contribution in [-0.4, -0.2) is 6.71 Å². The molecule has 0 aliphatic carbocycles. The fourth-order valence-electron chi connectivity index (χ4n) is 6.20. The molecule has 40 heavy (non-hydrogen) atoms. The fourth-order valence-corrected chi connectivity index (χ4v) is 6.20. The molecule has 0 fully saturated rings. The molecule has 3 heteroatoms. The van der Waals surface area contributed by atoms with Crippen LogP contribution in [0.25, 0.3) is 33.4 Å².